The van der Waals surface area contributed by atoms with Crippen LogP contribution in [0.1, 0.15) is 66.2 Å². The summed E-state index contributed by atoms with van der Waals surface area (Å²) >= 11 is 0. The van der Waals surface area contributed by atoms with Gasteiger partial charge in [0.15, 0.2) is 5.96 Å². The van der Waals surface area contributed by atoms with Crippen LogP contribution in [0, 0.1) is 5.92 Å². The van der Waals surface area contributed by atoms with E-state index in [1.54, 1.807) is 0 Å². The maximum atomic E-state index is 12.0. The smallest absolute Gasteiger partial charge is 0.309 e. The van der Waals surface area contributed by atoms with Crippen molar-refractivity contribution in [1.29, 1.82) is 0 Å². The first-order valence-electron chi connectivity index (χ1n) is 8.11. The summed E-state index contributed by atoms with van der Waals surface area (Å²) in [6.45, 7) is 8.64. The molecular formula is C16H31N3O2. The molecule has 0 spiro atoms. The second-order valence-corrected chi connectivity index (χ2v) is 6.85. The molecule has 21 heavy (non-hydrogen) atoms. The van der Waals surface area contributed by atoms with E-state index >= 15 is 0 Å². The van der Waals surface area contributed by atoms with Crippen molar-refractivity contribution in [2.45, 2.75) is 77.9 Å². The highest BCUT2D eigenvalue weighted by atomic mass is 16.6. The van der Waals surface area contributed by atoms with Crippen LogP contribution in [0.2, 0.25) is 0 Å². The van der Waals surface area contributed by atoms with Crippen molar-refractivity contribution in [3.8, 4) is 0 Å². The number of nitrogens with zero attached hydrogens (tertiary/aromatic N) is 1. The zero-order valence-electron chi connectivity index (χ0n) is 13.9. The highest BCUT2D eigenvalue weighted by Crippen LogP contribution is 2.26. The lowest BCUT2D eigenvalue weighted by molar-refractivity contribution is -0.161. The Bertz CT molecular complexity index is 353. The zero-order valence-corrected chi connectivity index (χ0v) is 13.9. The molecule has 0 bridgehead atoms. The van der Waals surface area contributed by atoms with Crippen LogP contribution in [0.3, 0.4) is 0 Å². The van der Waals surface area contributed by atoms with Gasteiger partial charge < -0.3 is 15.8 Å². The highest BCUT2D eigenvalue weighted by molar-refractivity contribution is 5.78. The summed E-state index contributed by atoms with van der Waals surface area (Å²) in [5, 5.41) is 3.26. The molecule has 0 unspecified atom stereocenters. The molecule has 1 aliphatic carbocycles. The molecule has 0 aromatic rings. The second kappa shape index (κ2) is 8.25. The van der Waals surface area contributed by atoms with E-state index in [2.05, 4.69) is 17.2 Å². The van der Waals surface area contributed by atoms with E-state index in [4.69, 9.17) is 10.5 Å². The second-order valence-electron chi connectivity index (χ2n) is 6.85. The van der Waals surface area contributed by atoms with Crippen LogP contribution in [-0.4, -0.2) is 30.1 Å². The van der Waals surface area contributed by atoms with Crippen LogP contribution < -0.4 is 11.1 Å². The largest absolute Gasteiger partial charge is 0.460 e. The van der Waals surface area contributed by atoms with E-state index in [1.807, 2.05) is 20.8 Å². The SMILES string of the molecule is CCCCN=C(N)NC1CCC(C(=O)OC(C)(C)C)CC1. The fraction of sp³-hybridized carbons (Fsp3) is 0.875. The van der Waals surface area contributed by atoms with Crippen molar-refractivity contribution in [2.24, 2.45) is 16.6 Å². The third kappa shape index (κ3) is 7.34. The fourth-order valence-corrected chi connectivity index (χ4v) is 2.47. The highest BCUT2D eigenvalue weighted by Gasteiger charge is 2.29. The summed E-state index contributed by atoms with van der Waals surface area (Å²) in [6.07, 6.45) is 5.77. The van der Waals surface area contributed by atoms with Crippen molar-refractivity contribution in [1.82, 2.24) is 5.32 Å². The Morgan fingerprint density at radius 2 is 1.90 bits per heavy atom. The van der Waals surface area contributed by atoms with Gasteiger partial charge in [-0.15, -0.1) is 0 Å². The van der Waals surface area contributed by atoms with E-state index in [9.17, 15) is 4.79 Å². The Labute approximate surface area is 128 Å². The van der Waals surface area contributed by atoms with Crippen LogP contribution in [0.25, 0.3) is 0 Å². The Morgan fingerprint density at radius 1 is 1.29 bits per heavy atom. The average Bonchev–Trinajstić information content (AvgIpc) is 2.38. The van der Waals surface area contributed by atoms with Gasteiger partial charge in [-0.2, -0.15) is 0 Å². The van der Waals surface area contributed by atoms with E-state index in [0.29, 0.717) is 12.0 Å². The summed E-state index contributed by atoms with van der Waals surface area (Å²) in [6, 6.07) is 0.328. The Kier molecular flexibility index (Phi) is 6.99. The predicted octanol–water partition coefficient (Wildman–Crippen LogP) is 2.59. The zero-order chi connectivity index (χ0) is 15.9. The van der Waals surface area contributed by atoms with Crippen molar-refractivity contribution >= 4 is 11.9 Å². The number of rotatable bonds is 5. The minimum Gasteiger partial charge on any atom is -0.460 e. The molecule has 1 saturated carbocycles. The third-order valence-electron chi connectivity index (χ3n) is 3.61. The van der Waals surface area contributed by atoms with Crippen molar-refractivity contribution < 1.29 is 9.53 Å². The molecule has 0 heterocycles. The van der Waals surface area contributed by atoms with Crippen LogP contribution in [-0.2, 0) is 9.53 Å². The normalized spacial score (nSPS) is 23.7. The van der Waals surface area contributed by atoms with Crippen molar-refractivity contribution in [3.63, 3.8) is 0 Å². The van der Waals surface area contributed by atoms with Gasteiger partial charge in [-0.1, -0.05) is 13.3 Å². The standard InChI is InChI=1S/C16H31N3O2/c1-5-6-11-18-15(17)19-13-9-7-12(8-10-13)14(20)21-16(2,3)4/h12-13H,5-11H2,1-4H3,(H3,17,18,19). The molecule has 5 nitrogen and oxygen atoms in total. The molecule has 0 amide bonds. The van der Waals surface area contributed by atoms with Gasteiger partial charge in [0.05, 0.1) is 5.92 Å². The van der Waals surface area contributed by atoms with Crippen molar-refractivity contribution in [2.75, 3.05) is 6.54 Å². The summed E-state index contributed by atoms with van der Waals surface area (Å²) in [4.78, 5) is 16.3. The third-order valence-corrected chi connectivity index (χ3v) is 3.61. The maximum absolute atomic E-state index is 12.0. The quantitative estimate of drug-likeness (QED) is 0.354. The molecule has 0 atom stereocenters. The predicted molar refractivity (Wildman–Crippen MR) is 86.1 cm³/mol. The van der Waals surface area contributed by atoms with Crippen molar-refractivity contribution in [3.05, 3.63) is 0 Å². The maximum Gasteiger partial charge on any atom is 0.309 e. The Morgan fingerprint density at radius 3 is 2.43 bits per heavy atom. The van der Waals surface area contributed by atoms with Gasteiger partial charge in [-0.05, 0) is 52.9 Å². The van der Waals surface area contributed by atoms with Gasteiger partial charge in [0, 0.05) is 12.6 Å². The summed E-state index contributed by atoms with van der Waals surface area (Å²) in [5.41, 5.74) is 5.47. The molecule has 0 saturated heterocycles. The van der Waals surface area contributed by atoms with E-state index in [1.165, 1.54) is 0 Å². The topological polar surface area (TPSA) is 76.7 Å². The molecule has 0 radical (unpaired) electrons. The van der Waals surface area contributed by atoms with E-state index in [-0.39, 0.29) is 11.9 Å². The number of hydrogen-bond acceptors (Lipinski definition) is 3. The van der Waals surface area contributed by atoms with Gasteiger partial charge in [0.1, 0.15) is 5.60 Å². The number of guanidine groups is 1. The first-order valence-corrected chi connectivity index (χ1v) is 8.11. The fourth-order valence-electron chi connectivity index (χ4n) is 2.47. The molecule has 3 N–H and O–H groups in total. The molecule has 0 aromatic heterocycles. The monoisotopic (exact) mass is 297 g/mol. The van der Waals surface area contributed by atoms with Crippen LogP contribution in [0.15, 0.2) is 4.99 Å². The minimum absolute atomic E-state index is 0.0283. The Balaban J connectivity index is 2.32. The molecular weight excluding hydrogens is 266 g/mol. The minimum atomic E-state index is -0.400. The number of hydrogen-bond donors (Lipinski definition) is 2. The molecule has 1 fully saturated rings. The van der Waals surface area contributed by atoms with Gasteiger partial charge in [-0.3, -0.25) is 9.79 Å². The lowest BCUT2D eigenvalue weighted by Crippen LogP contribution is -2.43. The number of unbranched alkanes of at least 4 members (excludes halogenated alkanes) is 1. The molecule has 0 aliphatic heterocycles. The van der Waals surface area contributed by atoms with Crippen LogP contribution in [0.5, 0.6) is 0 Å². The first-order chi connectivity index (χ1) is 9.81. The van der Waals surface area contributed by atoms with E-state index < -0.39 is 5.60 Å². The summed E-state index contributed by atoms with van der Waals surface area (Å²) < 4.78 is 5.45. The van der Waals surface area contributed by atoms with Crippen LogP contribution in [0.4, 0.5) is 0 Å². The molecule has 122 valence electrons. The van der Waals surface area contributed by atoms with Crippen LogP contribution >= 0.6 is 0 Å². The Hall–Kier alpha value is -1.26. The molecule has 5 heteroatoms. The number of ether oxygens (including phenoxy) is 1. The van der Waals surface area contributed by atoms with Gasteiger partial charge in [0.2, 0.25) is 0 Å². The van der Waals surface area contributed by atoms with E-state index in [0.717, 1.165) is 45.1 Å². The first kappa shape index (κ1) is 17.8. The summed E-state index contributed by atoms with van der Waals surface area (Å²) in [5.74, 6) is 0.496. The molecule has 1 aliphatic rings. The number of esters is 1. The van der Waals surface area contributed by atoms with Gasteiger partial charge >= 0.3 is 5.97 Å². The number of carbonyl (C=O) groups excluding carboxylic acids is 1. The number of nitrogens with two attached hydrogens (primary N) is 1. The lowest BCUT2D eigenvalue weighted by atomic mass is 9.86. The van der Waals surface area contributed by atoms with Gasteiger partial charge in [0.25, 0.3) is 0 Å². The number of aliphatic imine (C=N–C) groups is 1. The average molecular weight is 297 g/mol. The number of carbonyl (C=O) groups is 1. The number of nitrogens with one attached hydrogen (secondary N) is 1. The van der Waals surface area contributed by atoms with Gasteiger partial charge in [-0.25, -0.2) is 0 Å². The summed E-state index contributed by atoms with van der Waals surface area (Å²) in [7, 11) is 0. The molecule has 0 aromatic carbocycles. The molecule has 1 rings (SSSR count). The lowest BCUT2D eigenvalue weighted by Gasteiger charge is -2.30.